The van der Waals surface area contributed by atoms with Crippen LogP contribution >= 0.6 is 0 Å². The van der Waals surface area contributed by atoms with E-state index in [0.717, 1.165) is 25.1 Å². The van der Waals surface area contributed by atoms with Crippen molar-refractivity contribution < 1.29 is 0 Å². The minimum Gasteiger partial charge on any atom is -0.387 e. The molecule has 2 aliphatic rings. The van der Waals surface area contributed by atoms with Crippen LogP contribution in [-0.2, 0) is 0 Å². The molecule has 3 nitrogen and oxygen atoms in total. The van der Waals surface area contributed by atoms with E-state index in [1.807, 2.05) is 0 Å². The van der Waals surface area contributed by atoms with Crippen LogP contribution in [-0.4, -0.2) is 17.6 Å². The van der Waals surface area contributed by atoms with E-state index in [1.54, 1.807) is 0 Å². The molecule has 24 heavy (non-hydrogen) atoms. The first-order chi connectivity index (χ1) is 11.5. The van der Waals surface area contributed by atoms with E-state index in [1.165, 1.54) is 37.0 Å². The minimum atomic E-state index is 0.342. The highest BCUT2D eigenvalue weighted by atomic mass is 14.9. The van der Waals surface area contributed by atoms with Crippen molar-refractivity contribution in [1.82, 2.24) is 0 Å². The van der Waals surface area contributed by atoms with Crippen molar-refractivity contribution in [3.63, 3.8) is 0 Å². The monoisotopic (exact) mass is 331 g/mol. The summed E-state index contributed by atoms with van der Waals surface area (Å²) < 4.78 is 0. The Labute approximate surface area is 148 Å². The molecular formula is C21H37N3. The van der Waals surface area contributed by atoms with E-state index in [-0.39, 0.29) is 0 Å². The molecular weight excluding hydrogens is 294 g/mol. The lowest BCUT2D eigenvalue weighted by Crippen LogP contribution is -2.29. The summed E-state index contributed by atoms with van der Waals surface area (Å²) in [4.78, 5) is 9.94. The number of amidine groups is 1. The van der Waals surface area contributed by atoms with Crippen LogP contribution in [0.4, 0.5) is 0 Å². The van der Waals surface area contributed by atoms with Gasteiger partial charge in [-0.2, -0.15) is 0 Å². The van der Waals surface area contributed by atoms with E-state index in [2.05, 4.69) is 45.8 Å². The number of nitrogens with zero attached hydrogens (tertiary/aromatic N) is 2. The topological polar surface area (TPSA) is 50.7 Å². The number of hydrogen-bond acceptors (Lipinski definition) is 3. The standard InChI is InChI=1S/C21H37N3/c1-6-15-12-20(24-19(8-3)17(7-2)14(4)5)18(13-23-21(15)22)16-10-9-11-16/h13-17,19H,6-12H2,1-5H3,(H2,22,23). The average molecular weight is 332 g/mol. The van der Waals surface area contributed by atoms with E-state index < -0.39 is 0 Å². The summed E-state index contributed by atoms with van der Waals surface area (Å²) in [7, 11) is 0. The fraction of sp³-hybridized carbons (Fsp3) is 0.810. The molecule has 2 rings (SSSR count). The quantitative estimate of drug-likeness (QED) is 0.671. The van der Waals surface area contributed by atoms with Crippen molar-refractivity contribution in [2.75, 3.05) is 0 Å². The molecule has 2 N–H and O–H groups in total. The first-order valence-electron chi connectivity index (χ1n) is 10.1. The van der Waals surface area contributed by atoms with Gasteiger partial charge in [0.15, 0.2) is 0 Å². The summed E-state index contributed by atoms with van der Waals surface area (Å²) in [6.45, 7) is 11.5. The smallest absolute Gasteiger partial charge is 0.102 e. The first kappa shape index (κ1) is 19.2. The van der Waals surface area contributed by atoms with Crippen LogP contribution in [0.2, 0.25) is 0 Å². The Kier molecular flexibility index (Phi) is 7.06. The third-order valence-corrected chi connectivity index (χ3v) is 6.14. The molecule has 1 heterocycles. The van der Waals surface area contributed by atoms with Gasteiger partial charge in [0, 0.05) is 17.8 Å². The lowest BCUT2D eigenvalue weighted by Gasteiger charge is -2.31. The van der Waals surface area contributed by atoms with Crippen LogP contribution < -0.4 is 5.73 Å². The molecule has 0 radical (unpaired) electrons. The van der Waals surface area contributed by atoms with Gasteiger partial charge in [-0.05, 0) is 55.4 Å². The van der Waals surface area contributed by atoms with Gasteiger partial charge in [-0.3, -0.25) is 4.99 Å². The SMILES string of the molecule is CCC1CC(=NC(CC)C(CC)C(C)C)C(C2CCC2)=CN=C1N. The Morgan fingerprint density at radius 2 is 1.92 bits per heavy atom. The number of hydrogen-bond donors (Lipinski definition) is 1. The molecule has 1 aliphatic heterocycles. The van der Waals surface area contributed by atoms with Crippen molar-refractivity contribution in [2.45, 2.75) is 85.6 Å². The fourth-order valence-electron chi connectivity index (χ4n) is 4.20. The van der Waals surface area contributed by atoms with Crippen LogP contribution in [0, 0.1) is 23.7 Å². The van der Waals surface area contributed by atoms with E-state index >= 15 is 0 Å². The molecule has 0 aromatic rings. The fourth-order valence-corrected chi connectivity index (χ4v) is 4.20. The first-order valence-corrected chi connectivity index (χ1v) is 10.1. The number of rotatable bonds is 7. The number of nitrogens with two attached hydrogens (primary N) is 1. The maximum absolute atomic E-state index is 6.22. The lowest BCUT2D eigenvalue weighted by molar-refractivity contribution is 0.303. The second kappa shape index (κ2) is 8.82. The molecule has 0 bridgehead atoms. The molecule has 136 valence electrons. The average Bonchev–Trinajstić information content (AvgIpc) is 2.65. The lowest BCUT2D eigenvalue weighted by atomic mass is 9.76. The Bertz CT molecular complexity index is 497. The van der Waals surface area contributed by atoms with Crippen molar-refractivity contribution in [3.05, 3.63) is 11.8 Å². The molecule has 3 heteroatoms. The molecule has 0 aromatic heterocycles. The Balaban J connectivity index is 2.33. The van der Waals surface area contributed by atoms with Crippen LogP contribution in [0.25, 0.3) is 0 Å². The minimum absolute atomic E-state index is 0.342. The van der Waals surface area contributed by atoms with Crippen molar-refractivity contribution >= 4 is 11.5 Å². The Morgan fingerprint density at radius 3 is 2.38 bits per heavy atom. The van der Waals surface area contributed by atoms with Gasteiger partial charge in [0.25, 0.3) is 0 Å². The molecule has 0 spiro atoms. The van der Waals surface area contributed by atoms with Gasteiger partial charge < -0.3 is 5.73 Å². The van der Waals surface area contributed by atoms with Gasteiger partial charge in [0.1, 0.15) is 5.84 Å². The summed E-state index contributed by atoms with van der Waals surface area (Å²) >= 11 is 0. The van der Waals surface area contributed by atoms with Crippen molar-refractivity contribution in [3.8, 4) is 0 Å². The van der Waals surface area contributed by atoms with Gasteiger partial charge in [0.05, 0.1) is 6.04 Å². The molecule has 0 saturated heterocycles. The molecule has 0 amide bonds. The molecule has 3 unspecified atom stereocenters. The zero-order chi connectivity index (χ0) is 17.7. The highest BCUT2D eigenvalue weighted by Gasteiger charge is 2.30. The summed E-state index contributed by atoms with van der Waals surface area (Å²) in [5.74, 6) is 3.13. The second-order valence-electron chi connectivity index (χ2n) is 7.94. The van der Waals surface area contributed by atoms with Crippen LogP contribution in [0.5, 0.6) is 0 Å². The largest absolute Gasteiger partial charge is 0.387 e. The predicted octanol–water partition coefficient (Wildman–Crippen LogP) is 5.36. The maximum Gasteiger partial charge on any atom is 0.102 e. The van der Waals surface area contributed by atoms with Crippen LogP contribution in [0.15, 0.2) is 21.8 Å². The maximum atomic E-state index is 6.22. The Hall–Kier alpha value is -1.12. The molecule has 0 aromatic carbocycles. The van der Waals surface area contributed by atoms with Crippen molar-refractivity contribution in [2.24, 2.45) is 39.4 Å². The Morgan fingerprint density at radius 1 is 1.21 bits per heavy atom. The van der Waals surface area contributed by atoms with Crippen LogP contribution in [0.1, 0.15) is 79.6 Å². The van der Waals surface area contributed by atoms with E-state index in [0.29, 0.717) is 29.7 Å². The third kappa shape index (κ3) is 4.29. The van der Waals surface area contributed by atoms with Crippen molar-refractivity contribution in [1.29, 1.82) is 0 Å². The van der Waals surface area contributed by atoms with Gasteiger partial charge >= 0.3 is 0 Å². The number of aliphatic imine (C=N–C) groups is 2. The normalized spacial score (nSPS) is 26.6. The third-order valence-electron chi connectivity index (χ3n) is 6.14. The van der Waals surface area contributed by atoms with E-state index in [9.17, 15) is 0 Å². The molecule has 1 aliphatic carbocycles. The van der Waals surface area contributed by atoms with Gasteiger partial charge in [0.2, 0.25) is 0 Å². The predicted molar refractivity (Wildman–Crippen MR) is 106 cm³/mol. The van der Waals surface area contributed by atoms with E-state index in [4.69, 9.17) is 10.7 Å². The summed E-state index contributed by atoms with van der Waals surface area (Å²) in [5.41, 5.74) is 8.91. The highest BCUT2D eigenvalue weighted by Crippen LogP contribution is 2.37. The zero-order valence-corrected chi connectivity index (χ0v) is 16.4. The van der Waals surface area contributed by atoms with Gasteiger partial charge in [-0.15, -0.1) is 0 Å². The molecule has 3 atom stereocenters. The summed E-state index contributed by atoms with van der Waals surface area (Å²) in [6.07, 6.45) is 10.3. The summed E-state index contributed by atoms with van der Waals surface area (Å²) in [5, 5.41) is 0. The molecule has 1 saturated carbocycles. The summed E-state index contributed by atoms with van der Waals surface area (Å²) in [6, 6.07) is 0.422. The van der Waals surface area contributed by atoms with Gasteiger partial charge in [-0.25, -0.2) is 4.99 Å². The van der Waals surface area contributed by atoms with Gasteiger partial charge in [-0.1, -0.05) is 47.5 Å². The number of allylic oxidation sites excluding steroid dienone is 1. The highest BCUT2D eigenvalue weighted by molar-refractivity contribution is 6.04. The van der Waals surface area contributed by atoms with Crippen LogP contribution in [0.3, 0.4) is 0 Å². The zero-order valence-electron chi connectivity index (χ0n) is 16.4. The molecule has 1 fully saturated rings. The second-order valence-corrected chi connectivity index (χ2v) is 7.94.